The SMILES string of the molecule is CS(=O)(=O)N1CCN(c2ccc3nnc(-c4ccccc4F)n3n2)CC1. The molecule has 0 amide bonds. The summed E-state index contributed by atoms with van der Waals surface area (Å²) in [5.41, 5.74) is 0.841. The van der Waals surface area contributed by atoms with Gasteiger partial charge in [-0.25, -0.2) is 12.8 Å². The van der Waals surface area contributed by atoms with Crippen LogP contribution >= 0.6 is 0 Å². The zero-order valence-electron chi connectivity index (χ0n) is 14.1. The number of aromatic nitrogens is 4. The van der Waals surface area contributed by atoms with Crippen molar-refractivity contribution in [2.45, 2.75) is 0 Å². The summed E-state index contributed by atoms with van der Waals surface area (Å²) in [6.07, 6.45) is 1.21. The third-order valence-corrected chi connectivity index (χ3v) is 5.70. The van der Waals surface area contributed by atoms with Crippen molar-refractivity contribution in [3.05, 3.63) is 42.2 Å². The molecule has 1 saturated heterocycles. The summed E-state index contributed by atoms with van der Waals surface area (Å²) in [7, 11) is -3.19. The highest BCUT2D eigenvalue weighted by molar-refractivity contribution is 7.88. The number of halogens is 1. The van der Waals surface area contributed by atoms with Gasteiger partial charge in [-0.15, -0.1) is 15.3 Å². The number of nitrogens with zero attached hydrogens (tertiary/aromatic N) is 6. The van der Waals surface area contributed by atoms with Gasteiger partial charge in [-0.2, -0.15) is 8.82 Å². The number of piperazine rings is 1. The molecule has 0 unspecified atom stereocenters. The molecule has 26 heavy (non-hydrogen) atoms. The van der Waals surface area contributed by atoms with Crippen molar-refractivity contribution >= 4 is 21.5 Å². The van der Waals surface area contributed by atoms with Gasteiger partial charge in [0.05, 0.1) is 11.8 Å². The molecule has 1 aromatic carbocycles. The molecule has 0 bridgehead atoms. The molecule has 1 aliphatic rings. The van der Waals surface area contributed by atoms with Gasteiger partial charge in [0.1, 0.15) is 11.6 Å². The number of fused-ring (bicyclic) bond motifs is 1. The van der Waals surface area contributed by atoms with E-state index >= 15 is 0 Å². The zero-order chi connectivity index (χ0) is 18.3. The number of hydrogen-bond acceptors (Lipinski definition) is 6. The summed E-state index contributed by atoms with van der Waals surface area (Å²) in [5.74, 6) is 0.605. The fraction of sp³-hybridized carbons (Fsp3) is 0.312. The van der Waals surface area contributed by atoms with Crippen molar-refractivity contribution in [1.82, 2.24) is 24.1 Å². The quantitative estimate of drug-likeness (QED) is 0.678. The van der Waals surface area contributed by atoms with E-state index in [1.165, 1.54) is 21.1 Å². The van der Waals surface area contributed by atoms with Gasteiger partial charge in [0.15, 0.2) is 11.5 Å². The van der Waals surface area contributed by atoms with Crippen LogP contribution in [0.15, 0.2) is 36.4 Å². The Morgan fingerprint density at radius 3 is 2.42 bits per heavy atom. The molecule has 3 aromatic rings. The Hall–Kier alpha value is -2.59. The summed E-state index contributed by atoms with van der Waals surface area (Å²) in [6, 6.07) is 9.92. The van der Waals surface area contributed by atoms with E-state index in [0.717, 1.165) is 0 Å². The summed E-state index contributed by atoms with van der Waals surface area (Å²) in [5, 5.41) is 12.7. The molecule has 0 spiro atoms. The van der Waals surface area contributed by atoms with Crippen molar-refractivity contribution < 1.29 is 12.8 Å². The van der Waals surface area contributed by atoms with Gasteiger partial charge in [-0.3, -0.25) is 0 Å². The summed E-state index contributed by atoms with van der Waals surface area (Å²) in [4.78, 5) is 1.99. The monoisotopic (exact) mass is 376 g/mol. The lowest BCUT2D eigenvalue weighted by Crippen LogP contribution is -2.48. The molecule has 0 radical (unpaired) electrons. The normalized spacial score (nSPS) is 16.3. The minimum absolute atomic E-state index is 0.326. The van der Waals surface area contributed by atoms with Crippen LogP contribution in [-0.4, -0.2) is 65.0 Å². The molecule has 0 aliphatic carbocycles. The highest BCUT2D eigenvalue weighted by Gasteiger charge is 2.24. The standard InChI is InChI=1S/C16H17FN6O2S/c1-26(24,25)22-10-8-21(9-11-22)15-7-6-14-18-19-16(23(14)20-15)12-4-2-3-5-13(12)17/h2-7H,8-11H2,1H3. The lowest BCUT2D eigenvalue weighted by Gasteiger charge is -2.33. The van der Waals surface area contributed by atoms with Crippen molar-refractivity contribution in [2.75, 3.05) is 37.3 Å². The van der Waals surface area contributed by atoms with Crippen molar-refractivity contribution in [3.8, 4) is 11.4 Å². The summed E-state index contributed by atoms with van der Waals surface area (Å²) in [6.45, 7) is 1.87. The summed E-state index contributed by atoms with van der Waals surface area (Å²) >= 11 is 0. The molecule has 0 saturated carbocycles. The first-order valence-electron chi connectivity index (χ1n) is 8.11. The molecule has 1 fully saturated rings. The van der Waals surface area contributed by atoms with E-state index in [1.807, 2.05) is 11.0 Å². The van der Waals surface area contributed by atoms with Gasteiger partial charge in [0, 0.05) is 26.2 Å². The number of anilines is 1. The van der Waals surface area contributed by atoms with E-state index in [2.05, 4.69) is 15.3 Å². The molecular formula is C16H17FN6O2S. The van der Waals surface area contributed by atoms with E-state index in [4.69, 9.17) is 0 Å². The molecule has 2 aromatic heterocycles. The molecule has 3 heterocycles. The highest BCUT2D eigenvalue weighted by Crippen LogP contribution is 2.22. The Morgan fingerprint density at radius 2 is 1.73 bits per heavy atom. The molecule has 136 valence electrons. The van der Waals surface area contributed by atoms with Crippen LogP contribution in [0.2, 0.25) is 0 Å². The number of sulfonamides is 1. The molecule has 1 aliphatic heterocycles. The van der Waals surface area contributed by atoms with E-state index in [9.17, 15) is 12.8 Å². The Balaban J connectivity index is 1.66. The fourth-order valence-corrected chi connectivity index (χ4v) is 3.83. The predicted octanol–water partition coefficient (Wildman–Crippen LogP) is 1.01. The Bertz CT molecular complexity index is 1060. The Kier molecular flexibility index (Phi) is 4.08. The minimum atomic E-state index is -3.19. The number of rotatable bonds is 3. The van der Waals surface area contributed by atoms with Crippen LogP contribution in [0.4, 0.5) is 10.2 Å². The molecular weight excluding hydrogens is 359 g/mol. The van der Waals surface area contributed by atoms with Gasteiger partial charge in [0.25, 0.3) is 0 Å². The van der Waals surface area contributed by atoms with Gasteiger partial charge in [-0.05, 0) is 24.3 Å². The Labute approximate surface area is 149 Å². The second-order valence-electron chi connectivity index (χ2n) is 6.11. The molecule has 4 rings (SSSR count). The summed E-state index contributed by atoms with van der Waals surface area (Å²) < 4.78 is 40.3. The molecule has 10 heteroatoms. The first-order chi connectivity index (χ1) is 12.4. The van der Waals surface area contributed by atoms with Crippen LogP contribution in [0.3, 0.4) is 0 Å². The molecule has 0 atom stereocenters. The highest BCUT2D eigenvalue weighted by atomic mass is 32.2. The fourth-order valence-electron chi connectivity index (χ4n) is 3.01. The van der Waals surface area contributed by atoms with E-state index in [1.54, 1.807) is 24.3 Å². The second kappa shape index (κ2) is 6.29. The third-order valence-electron chi connectivity index (χ3n) is 4.40. The number of benzene rings is 1. The van der Waals surface area contributed by atoms with Gasteiger partial charge in [0.2, 0.25) is 10.0 Å². The first kappa shape index (κ1) is 16.9. The zero-order valence-corrected chi connectivity index (χ0v) is 14.9. The van der Waals surface area contributed by atoms with E-state index < -0.39 is 15.8 Å². The topological polar surface area (TPSA) is 83.7 Å². The predicted molar refractivity (Wildman–Crippen MR) is 94.8 cm³/mol. The average Bonchev–Trinajstić information content (AvgIpc) is 3.04. The van der Waals surface area contributed by atoms with Crippen LogP contribution in [-0.2, 0) is 10.0 Å². The smallest absolute Gasteiger partial charge is 0.211 e. The minimum Gasteiger partial charge on any atom is -0.353 e. The van der Waals surface area contributed by atoms with Crippen molar-refractivity contribution in [1.29, 1.82) is 0 Å². The maximum absolute atomic E-state index is 14.1. The maximum atomic E-state index is 14.1. The number of hydrogen-bond donors (Lipinski definition) is 0. The average molecular weight is 376 g/mol. The van der Waals surface area contributed by atoms with Crippen molar-refractivity contribution in [3.63, 3.8) is 0 Å². The lowest BCUT2D eigenvalue weighted by atomic mass is 10.2. The van der Waals surface area contributed by atoms with Gasteiger partial charge in [-0.1, -0.05) is 12.1 Å². The van der Waals surface area contributed by atoms with Crippen LogP contribution in [0, 0.1) is 5.82 Å². The van der Waals surface area contributed by atoms with Crippen LogP contribution in [0.25, 0.3) is 17.0 Å². The first-order valence-corrected chi connectivity index (χ1v) is 9.96. The van der Waals surface area contributed by atoms with Crippen LogP contribution < -0.4 is 4.90 Å². The molecule has 0 N–H and O–H groups in total. The van der Waals surface area contributed by atoms with Crippen LogP contribution in [0.5, 0.6) is 0 Å². The lowest BCUT2D eigenvalue weighted by molar-refractivity contribution is 0.386. The second-order valence-corrected chi connectivity index (χ2v) is 8.10. The largest absolute Gasteiger partial charge is 0.353 e. The van der Waals surface area contributed by atoms with E-state index in [0.29, 0.717) is 49.0 Å². The van der Waals surface area contributed by atoms with Crippen LogP contribution in [0.1, 0.15) is 0 Å². The van der Waals surface area contributed by atoms with Crippen molar-refractivity contribution in [2.24, 2.45) is 0 Å². The van der Waals surface area contributed by atoms with Gasteiger partial charge < -0.3 is 4.90 Å². The Morgan fingerprint density at radius 1 is 1.00 bits per heavy atom. The van der Waals surface area contributed by atoms with Gasteiger partial charge >= 0.3 is 0 Å². The third kappa shape index (κ3) is 3.01. The maximum Gasteiger partial charge on any atom is 0.211 e. The molecule has 8 nitrogen and oxygen atoms in total. The van der Waals surface area contributed by atoms with E-state index in [-0.39, 0.29) is 0 Å².